The number of benzene rings is 1. The lowest BCUT2D eigenvalue weighted by Gasteiger charge is -2.09. The fraction of sp³-hybridized carbons (Fsp3) is 0.417. The zero-order valence-electron chi connectivity index (χ0n) is 8.57. The molecular weight excluding hydrogens is 198 g/mol. The van der Waals surface area contributed by atoms with Crippen LogP contribution in [0.3, 0.4) is 0 Å². The second-order valence-electron chi connectivity index (χ2n) is 3.96. The maximum Gasteiger partial charge on any atom is 0.166 e. The first-order valence-electron chi connectivity index (χ1n) is 5.12. The molecule has 0 bridgehead atoms. The number of carbonyl (C=O) groups excluding carboxylic acids is 1. The van der Waals surface area contributed by atoms with E-state index in [2.05, 4.69) is 0 Å². The van der Waals surface area contributed by atoms with E-state index in [1.165, 1.54) is 13.0 Å². The molecular formula is C12H12F2O. The summed E-state index contributed by atoms with van der Waals surface area (Å²) in [4.78, 5) is 11.6. The molecule has 0 amide bonds. The van der Waals surface area contributed by atoms with Crippen molar-refractivity contribution in [3.8, 4) is 0 Å². The lowest BCUT2D eigenvalue weighted by molar-refractivity contribution is 0.0978. The summed E-state index contributed by atoms with van der Waals surface area (Å²) in [7, 11) is 0. The molecule has 0 N–H and O–H groups in total. The summed E-state index contributed by atoms with van der Waals surface area (Å²) >= 11 is 0. The van der Waals surface area contributed by atoms with E-state index >= 15 is 0 Å². The van der Waals surface area contributed by atoms with Gasteiger partial charge in [-0.3, -0.25) is 4.79 Å². The van der Waals surface area contributed by atoms with Crippen molar-refractivity contribution in [2.75, 3.05) is 0 Å². The van der Waals surface area contributed by atoms with Crippen molar-refractivity contribution < 1.29 is 13.6 Å². The Labute approximate surface area is 87.1 Å². The van der Waals surface area contributed by atoms with Crippen molar-refractivity contribution in [3.05, 3.63) is 34.4 Å². The molecule has 1 aromatic carbocycles. The highest BCUT2D eigenvalue weighted by Gasteiger charge is 2.22. The van der Waals surface area contributed by atoms with Crippen molar-refractivity contribution in [1.82, 2.24) is 0 Å². The molecule has 0 unspecified atom stereocenters. The Morgan fingerprint density at radius 2 is 1.87 bits per heavy atom. The molecule has 0 aromatic heterocycles. The Morgan fingerprint density at radius 3 is 2.60 bits per heavy atom. The standard InChI is InChI=1S/C12H12F2O/c1-7-9(13)6-8-4-2-3-5-10(15)11(8)12(7)14/h6H,2-5H2,1H3. The van der Waals surface area contributed by atoms with Crippen molar-refractivity contribution in [2.24, 2.45) is 0 Å². The maximum atomic E-state index is 13.7. The summed E-state index contributed by atoms with van der Waals surface area (Å²) in [6, 6.07) is 1.30. The third kappa shape index (κ3) is 1.66. The van der Waals surface area contributed by atoms with Gasteiger partial charge >= 0.3 is 0 Å². The van der Waals surface area contributed by atoms with E-state index in [1.807, 2.05) is 0 Å². The number of ketones is 1. The Morgan fingerprint density at radius 1 is 1.20 bits per heavy atom. The van der Waals surface area contributed by atoms with E-state index in [0.717, 1.165) is 12.8 Å². The van der Waals surface area contributed by atoms with Gasteiger partial charge in [-0.15, -0.1) is 0 Å². The molecule has 15 heavy (non-hydrogen) atoms. The fourth-order valence-electron chi connectivity index (χ4n) is 1.99. The molecule has 0 spiro atoms. The number of Topliss-reactive ketones (excluding diaryl/α,β-unsaturated/α-hetero) is 1. The monoisotopic (exact) mass is 210 g/mol. The van der Waals surface area contributed by atoms with Crippen LogP contribution < -0.4 is 0 Å². The zero-order valence-corrected chi connectivity index (χ0v) is 8.57. The minimum atomic E-state index is -0.670. The molecule has 1 aliphatic carbocycles. The molecule has 1 nitrogen and oxygen atoms in total. The Balaban J connectivity index is 2.66. The van der Waals surface area contributed by atoms with Crippen LogP contribution >= 0.6 is 0 Å². The first kappa shape index (κ1) is 10.3. The lowest BCUT2D eigenvalue weighted by Crippen LogP contribution is -2.07. The molecule has 0 radical (unpaired) electrons. The Kier molecular flexibility index (Phi) is 2.55. The smallest absolute Gasteiger partial charge is 0.166 e. The van der Waals surface area contributed by atoms with Crippen LogP contribution in [0, 0.1) is 18.6 Å². The number of carbonyl (C=O) groups is 1. The van der Waals surface area contributed by atoms with Gasteiger partial charge < -0.3 is 0 Å². The maximum absolute atomic E-state index is 13.7. The molecule has 80 valence electrons. The highest BCUT2D eigenvalue weighted by atomic mass is 19.1. The van der Waals surface area contributed by atoms with Crippen molar-refractivity contribution >= 4 is 5.78 Å². The minimum absolute atomic E-state index is 0.0519. The number of aryl methyl sites for hydroxylation is 1. The predicted octanol–water partition coefficient (Wildman–Crippen LogP) is 3.18. The fourth-order valence-corrected chi connectivity index (χ4v) is 1.99. The quantitative estimate of drug-likeness (QED) is 0.601. The summed E-state index contributed by atoms with van der Waals surface area (Å²) in [5.41, 5.74) is 0.591. The van der Waals surface area contributed by atoms with Crippen LogP contribution in [0.15, 0.2) is 6.07 Å². The van der Waals surface area contributed by atoms with Crippen LogP contribution in [0.4, 0.5) is 8.78 Å². The van der Waals surface area contributed by atoms with Gasteiger partial charge in [0.2, 0.25) is 0 Å². The predicted molar refractivity (Wildman–Crippen MR) is 53.0 cm³/mol. The average Bonchev–Trinajstić information content (AvgIpc) is 2.37. The van der Waals surface area contributed by atoms with E-state index < -0.39 is 11.6 Å². The van der Waals surface area contributed by atoms with Crippen LogP contribution in [-0.4, -0.2) is 5.78 Å². The molecule has 1 aromatic rings. The number of hydrogen-bond donors (Lipinski definition) is 0. The molecule has 1 aliphatic rings. The first-order chi connectivity index (χ1) is 7.11. The molecule has 0 fully saturated rings. The van der Waals surface area contributed by atoms with Crippen molar-refractivity contribution in [3.63, 3.8) is 0 Å². The van der Waals surface area contributed by atoms with Gasteiger partial charge in [-0.25, -0.2) is 8.78 Å². The second kappa shape index (κ2) is 3.72. The second-order valence-corrected chi connectivity index (χ2v) is 3.96. The van der Waals surface area contributed by atoms with Gasteiger partial charge in [-0.05, 0) is 37.8 Å². The average molecular weight is 210 g/mol. The Bertz CT molecular complexity index is 424. The summed E-state index contributed by atoms with van der Waals surface area (Å²) in [5.74, 6) is -1.42. The van der Waals surface area contributed by atoms with Crippen LogP contribution in [0.1, 0.15) is 40.7 Å². The molecule has 0 saturated carbocycles. The first-order valence-corrected chi connectivity index (χ1v) is 5.12. The van der Waals surface area contributed by atoms with E-state index in [0.29, 0.717) is 18.4 Å². The zero-order chi connectivity index (χ0) is 11.0. The van der Waals surface area contributed by atoms with Gasteiger partial charge in [0, 0.05) is 12.0 Å². The molecule has 0 saturated heterocycles. The van der Waals surface area contributed by atoms with Crippen LogP contribution in [0.25, 0.3) is 0 Å². The van der Waals surface area contributed by atoms with Crippen LogP contribution in [0.2, 0.25) is 0 Å². The Hall–Kier alpha value is -1.25. The van der Waals surface area contributed by atoms with Gasteiger partial charge in [0.1, 0.15) is 11.6 Å². The number of fused-ring (bicyclic) bond motifs is 1. The number of halogens is 2. The van der Waals surface area contributed by atoms with Gasteiger partial charge in [0.05, 0.1) is 5.56 Å². The van der Waals surface area contributed by atoms with E-state index in [4.69, 9.17) is 0 Å². The summed E-state index contributed by atoms with van der Waals surface area (Å²) in [6.07, 6.45) is 2.54. The molecule has 3 heteroatoms. The van der Waals surface area contributed by atoms with Crippen LogP contribution in [0.5, 0.6) is 0 Å². The van der Waals surface area contributed by atoms with E-state index in [-0.39, 0.29) is 16.9 Å². The van der Waals surface area contributed by atoms with E-state index in [9.17, 15) is 13.6 Å². The van der Waals surface area contributed by atoms with Gasteiger partial charge in [0.25, 0.3) is 0 Å². The number of hydrogen-bond acceptors (Lipinski definition) is 1. The molecule has 0 atom stereocenters. The van der Waals surface area contributed by atoms with E-state index in [1.54, 1.807) is 0 Å². The SMILES string of the molecule is Cc1c(F)cc2c(c1F)C(=O)CCCC2. The normalized spacial score (nSPS) is 16.1. The third-order valence-corrected chi connectivity index (χ3v) is 2.91. The lowest BCUT2D eigenvalue weighted by atomic mass is 9.98. The van der Waals surface area contributed by atoms with Gasteiger partial charge in [-0.2, -0.15) is 0 Å². The number of rotatable bonds is 0. The third-order valence-electron chi connectivity index (χ3n) is 2.91. The highest BCUT2D eigenvalue weighted by Crippen LogP contribution is 2.26. The van der Waals surface area contributed by atoms with Gasteiger partial charge in [0.15, 0.2) is 5.78 Å². The highest BCUT2D eigenvalue weighted by molar-refractivity contribution is 5.98. The molecule has 2 rings (SSSR count). The van der Waals surface area contributed by atoms with Crippen molar-refractivity contribution in [2.45, 2.75) is 32.6 Å². The minimum Gasteiger partial charge on any atom is -0.294 e. The topological polar surface area (TPSA) is 17.1 Å². The largest absolute Gasteiger partial charge is 0.294 e. The summed E-state index contributed by atoms with van der Waals surface area (Å²) in [6.45, 7) is 1.36. The van der Waals surface area contributed by atoms with Gasteiger partial charge in [-0.1, -0.05) is 0 Å². The van der Waals surface area contributed by atoms with Crippen molar-refractivity contribution in [1.29, 1.82) is 0 Å². The summed E-state index contributed by atoms with van der Waals surface area (Å²) in [5, 5.41) is 0. The van der Waals surface area contributed by atoms with Crippen LogP contribution in [-0.2, 0) is 6.42 Å². The molecule has 0 heterocycles. The molecule has 0 aliphatic heterocycles. The summed E-state index contributed by atoms with van der Waals surface area (Å²) < 4.78 is 27.0.